The fraction of sp³-hybridized carbons (Fsp3) is 0.320. The molecule has 4 rings (SSSR count). The summed E-state index contributed by atoms with van der Waals surface area (Å²) in [5.41, 5.74) is 3.16. The van der Waals surface area contributed by atoms with Crippen LogP contribution in [0.15, 0.2) is 53.9 Å². The number of hydrogen-bond acceptors (Lipinski definition) is 6. The predicted molar refractivity (Wildman–Crippen MR) is 127 cm³/mol. The van der Waals surface area contributed by atoms with Crippen molar-refractivity contribution in [3.05, 3.63) is 69.9 Å². The Morgan fingerprint density at radius 2 is 1.78 bits per heavy atom. The zero-order chi connectivity index (χ0) is 22.5. The molecular weight excluding hydrogens is 424 g/mol. The molecule has 7 heteroatoms. The van der Waals surface area contributed by atoms with E-state index in [2.05, 4.69) is 39.9 Å². The smallest absolute Gasteiger partial charge is 0.225 e. The number of carbonyl (C=O) groups excluding carboxylic acids is 1. The minimum atomic E-state index is -0.0301. The molecule has 0 fully saturated rings. The SMILES string of the molecule is COc1ccccc1NC(=O)CCN1CCc2cc(OC)c(OC)cc2C1c1cccs1. The molecule has 3 aromatic rings. The number of hydrogen-bond donors (Lipinski definition) is 1. The molecule has 168 valence electrons. The fourth-order valence-electron chi connectivity index (χ4n) is 4.22. The number of amides is 1. The molecule has 1 amide bonds. The highest BCUT2D eigenvalue weighted by molar-refractivity contribution is 7.10. The molecule has 1 aliphatic heterocycles. The van der Waals surface area contributed by atoms with Gasteiger partial charge in [-0.25, -0.2) is 0 Å². The number of carbonyl (C=O) groups is 1. The average molecular weight is 453 g/mol. The van der Waals surface area contributed by atoms with E-state index >= 15 is 0 Å². The number of fused-ring (bicyclic) bond motifs is 1. The van der Waals surface area contributed by atoms with E-state index in [1.54, 1.807) is 32.7 Å². The van der Waals surface area contributed by atoms with Crippen molar-refractivity contribution in [2.24, 2.45) is 0 Å². The first-order valence-corrected chi connectivity index (χ1v) is 11.5. The van der Waals surface area contributed by atoms with Crippen LogP contribution < -0.4 is 19.5 Å². The monoisotopic (exact) mass is 452 g/mol. The summed E-state index contributed by atoms with van der Waals surface area (Å²) in [6.07, 6.45) is 1.29. The summed E-state index contributed by atoms with van der Waals surface area (Å²) >= 11 is 1.73. The quantitative estimate of drug-likeness (QED) is 0.535. The maximum atomic E-state index is 12.7. The minimum Gasteiger partial charge on any atom is -0.495 e. The summed E-state index contributed by atoms with van der Waals surface area (Å²) in [6, 6.07) is 15.9. The zero-order valence-electron chi connectivity index (χ0n) is 18.6. The van der Waals surface area contributed by atoms with Crippen molar-refractivity contribution < 1.29 is 19.0 Å². The van der Waals surface area contributed by atoms with Crippen molar-refractivity contribution in [2.45, 2.75) is 18.9 Å². The van der Waals surface area contributed by atoms with Gasteiger partial charge in [0.25, 0.3) is 0 Å². The van der Waals surface area contributed by atoms with Gasteiger partial charge < -0.3 is 19.5 Å². The third-order valence-corrected chi connectivity index (χ3v) is 6.72. The van der Waals surface area contributed by atoms with Crippen LogP contribution in [0, 0.1) is 0 Å². The lowest BCUT2D eigenvalue weighted by atomic mass is 9.90. The van der Waals surface area contributed by atoms with Gasteiger partial charge in [-0.3, -0.25) is 9.69 Å². The van der Waals surface area contributed by atoms with E-state index in [0.717, 1.165) is 24.5 Å². The van der Waals surface area contributed by atoms with Crippen LogP contribution in [0.25, 0.3) is 0 Å². The van der Waals surface area contributed by atoms with E-state index in [-0.39, 0.29) is 11.9 Å². The van der Waals surface area contributed by atoms with Gasteiger partial charge in [0, 0.05) is 24.4 Å². The second-order valence-electron chi connectivity index (χ2n) is 7.61. The molecule has 1 N–H and O–H groups in total. The van der Waals surface area contributed by atoms with Crippen LogP contribution >= 0.6 is 11.3 Å². The van der Waals surface area contributed by atoms with E-state index < -0.39 is 0 Å². The van der Waals surface area contributed by atoms with Crippen molar-refractivity contribution in [3.63, 3.8) is 0 Å². The molecule has 0 radical (unpaired) electrons. The minimum absolute atomic E-state index is 0.0301. The van der Waals surface area contributed by atoms with E-state index in [1.165, 1.54) is 16.0 Å². The molecule has 0 aliphatic carbocycles. The van der Waals surface area contributed by atoms with Gasteiger partial charge in [0.15, 0.2) is 11.5 Å². The number of ether oxygens (including phenoxy) is 3. The molecule has 0 saturated carbocycles. The zero-order valence-corrected chi connectivity index (χ0v) is 19.4. The summed E-state index contributed by atoms with van der Waals surface area (Å²) in [5, 5.41) is 5.07. The normalized spacial score (nSPS) is 15.7. The van der Waals surface area contributed by atoms with Crippen LogP contribution in [0.5, 0.6) is 17.2 Å². The lowest BCUT2D eigenvalue weighted by Gasteiger charge is -2.37. The van der Waals surface area contributed by atoms with E-state index in [1.807, 2.05) is 24.3 Å². The molecule has 0 bridgehead atoms. The summed E-state index contributed by atoms with van der Waals surface area (Å²) in [7, 11) is 4.93. The highest BCUT2D eigenvalue weighted by Crippen LogP contribution is 2.42. The number of rotatable bonds is 8. The fourth-order valence-corrected chi connectivity index (χ4v) is 5.10. The van der Waals surface area contributed by atoms with Crippen molar-refractivity contribution >= 4 is 22.9 Å². The molecule has 1 unspecified atom stereocenters. The Bertz CT molecular complexity index is 1070. The molecule has 2 heterocycles. The third kappa shape index (κ3) is 4.59. The average Bonchev–Trinajstić information content (AvgIpc) is 3.36. The largest absolute Gasteiger partial charge is 0.495 e. The second-order valence-corrected chi connectivity index (χ2v) is 8.59. The van der Waals surface area contributed by atoms with Crippen molar-refractivity contribution in [2.75, 3.05) is 39.7 Å². The molecule has 1 aromatic heterocycles. The number of nitrogens with one attached hydrogen (secondary N) is 1. The van der Waals surface area contributed by atoms with E-state index in [9.17, 15) is 4.79 Å². The Morgan fingerprint density at radius 3 is 2.50 bits per heavy atom. The van der Waals surface area contributed by atoms with Crippen LogP contribution in [-0.4, -0.2) is 45.2 Å². The first kappa shape index (κ1) is 22.2. The Balaban J connectivity index is 1.54. The lowest BCUT2D eigenvalue weighted by Crippen LogP contribution is -2.37. The standard InChI is InChI=1S/C25H28N2O4S/c1-29-20-8-5-4-7-19(20)26-24(28)11-13-27-12-10-17-15-21(30-2)22(31-3)16-18(17)25(27)23-9-6-14-32-23/h4-9,14-16,25H,10-13H2,1-3H3,(H,26,28). The first-order valence-electron chi connectivity index (χ1n) is 10.6. The van der Waals surface area contributed by atoms with Crippen molar-refractivity contribution in [1.82, 2.24) is 4.90 Å². The number of thiophene rings is 1. The molecular formula is C25H28N2O4S. The lowest BCUT2D eigenvalue weighted by molar-refractivity contribution is -0.116. The molecule has 32 heavy (non-hydrogen) atoms. The molecule has 0 saturated heterocycles. The van der Waals surface area contributed by atoms with E-state index in [4.69, 9.17) is 14.2 Å². The van der Waals surface area contributed by atoms with Crippen LogP contribution in [0.1, 0.15) is 28.5 Å². The molecule has 2 aromatic carbocycles. The summed E-state index contributed by atoms with van der Waals surface area (Å²) < 4.78 is 16.4. The van der Waals surface area contributed by atoms with Gasteiger partial charge in [-0.1, -0.05) is 18.2 Å². The van der Waals surface area contributed by atoms with Crippen molar-refractivity contribution in [3.8, 4) is 17.2 Å². The molecule has 1 atom stereocenters. The Morgan fingerprint density at radius 1 is 1.03 bits per heavy atom. The molecule has 1 aliphatic rings. The summed E-state index contributed by atoms with van der Waals surface area (Å²) in [4.78, 5) is 16.3. The number of para-hydroxylation sites is 2. The molecule has 0 spiro atoms. The molecule has 6 nitrogen and oxygen atoms in total. The van der Waals surface area contributed by atoms with Crippen LogP contribution in [0.4, 0.5) is 5.69 Å². The topological polar surface area (TPSA) is 60.0 Å². The Hall–Kier alpha value is -3.03. The van der Waals surface area contributed by atoms with Gasteiger partial charge in [0.1, 0.15) is 5.75 Å². The van der Waals surface area contributed by atoms with Crippen LogP contribution in [-0.2, 0) is 11.2 Å². The highest BCUT2D eigenvalue weighted by Gasteiger charge is 2.31. The van der Waals surface area contributed by atoms with Gasteiger partial charge >= 0.3 is 0 Å². The maximum absolute atomic E-state index is 12.7. The Labute approximate surface area is 192 Å². The third-order valence-electron chi connectivity index (χ3n) is 5.79. The maximum Gasteiger partial charge on any atom is 0.225 e. The number of nitrogens with zero attached hydrogens (tertiary/aromatic N) is 1. The van der Waals surface area contributed by atoms with Crippen LogP contribution in [0.2, 0.25) is 0 Å². The van der Waals surface area contributed by atoms with Gasteiger partial charge in [-0.2, -0.15) is 0 Å². The van der Waals surface area contributed by atoms with Crippen LogP contribution in [0.3, 0.4) is 0 Å². The summed E-state index contributed by atoms with van der Waals surface area (Å²) in [5.74, 6) is 2.10. The van der Waals surface area contributed by atoms with Gasteiger partial charge in [-0.15, -0.1) is 11.3 Å². The van der Waals surface area contributed by atoms with Gasteiger partial charge in [-0.05, 0) is 53.3 Å². The van der Waals surface area contributed by atoms with Gasteiger partial charge in [0.2, 0.25) is 5.91 Å². The van der Waals surface area contributed by atoms with Gasteiger partial charge in [0.05, 0.1) is 33.1 Å². The second kappa shape index (κ2) is 10.1. The Kier molecular flexibility index (Phi) is 6.97. The number of benzene rings is 2. The van der Waals surface area contributed by atoms with Crippen molar-refractivity contribution in [1.29, 1.82) is 0 Å². The van der Waals surface area contributed by atoms with E-state index in [0.29, 0.717) is 24.4 Å². The summed E-state index contributed by atoms with van der Waals surface area (Å²) in [6.45, 7) is 1.52. The number of methoxy groups -OCH3 is 3. The first-order chi connectivity index (χ1) is 15.6. The predicted octanol–water partition coefficient (Wildman–Crippen LogP) is 4.75. The highest BCUT2D eigenvalue weighted by atomic mass is 32.1. The number of anilines is 1.